The van der Waals surface area contributed by atoms with Crippen LogP contribution in [0, 0.1) is 0 Å². The highest BCUT2D eigenvalue weighted by molar-refractivity contribution is 5.69. The molecule has 6 nitrogen and oxygen atoms in total. The van der Waals surface area contributed by atoms with Crippen molar-refractivity contribution in [3.63, 3.8) is 0 Å². The first-order chi connectivity index (χ1) is 7.41. The summed E-state index contributed by atoms with van der Waals surface area (Å²) in [4.78, 5) is 21.2. The quantitative estimate of drug-likeness (QED) is 0.316. The summed E-state index contributed by atoms with van der Waals surface area (Å²) in [6, 6.07) is 0. The second kappa shape index (κ2) is 8.06. The molecule has 2 unspecified atom stereocenters. The third-order valence-corrected chi connectivity index (χ3v) is 1.83. The number of hydrogen-bond acceptors (Lipinski definition) is 5. The van der Waals surface area contributed by atoms with Crippen molar-refractivity contribution >= 4 is 11.9 Å². The number of aliphatic carboxylic acids is 1. The van der Waals surface area contributed by atoms with Gasteiger partial charge in [0.2, 0.25) is 6.29 Å². The lowest BCUT2D eigenvalue weighted by Gasteiger charge is -2.13. The van der Waals surface area contributed by atoms with Gasteiger partial charge in [-0.05, 0) is 19.8 Å². The smallest absolute Gasteiger partial charge is 0.308 e. The molecule has 0 aliphatic rings. The summed E-state index contributed by atoms with van der Waals surface area (Å²) in [7, 11) is 0. The summed E-state index contributed by atoms with van der Waals surface area (Å²) in [6.07, 6.45) is -1.17. The molecule has 0 bridgehead atoms. The van der Waals surface area contributed by atoms with Gasteiger partial charge in [0.05, 0.1) is 6.10 Å². The molecule has 94 valence electrons. The summed E-state index contributed by atoms with van der Waals surface area (Å²) in [5.41, 5.74) is 0. The van der Waals surface area contributed by atoms with E-state index in [4.69, 9.17) is 15.3 Å². The van der Waals surface area contributed by atoms with E-state index in [1.807, 2.05) is 0 Å². The van der Waals surface area contributed by atoms with Crippen LogP contribution in [0.25, 0.3) is 0 Å². The number of hydrogen-bond donors (Lipinski definition) is 3. The molecule has 16 heavy (non-hydrogen) atoms. The Balaban J connectivity index is 3.54. The topological polar surface area (TPSA) is 104 Å². The maximum absolute atomic E-state index is 11.1. The number of carboxylic acid groups (broad SMARTS) is 1. The Kier molecular flexibility index (Phi) is 7.49. The van der Waals surface area contributed by atoms with Crippen molar-refractivity contribution in [3.05, 3.63) is 0 Å². The molecule has 2 atom stereocenters. The Hall–Kier alpha value is -1.14. The first-order valence-corrected chi connectivity index (χ1v) is 5.19. The van der Waals surface area contributed by atoms with E-state index in [9.17, 15) is 9.59 Å². The normalized spacial score (nSPS) is 14.2. The Morgan fingerprint density at radius 1 is 1.19 bits per heavy atom. The number of rotatable bonds is 8. The van der Waals surface area contributed by atoms with Crippen LogP contribution < -0.4 is 0 Å². The minimum Gasteiger partial charge on any atom is -0.481 e. The van der Waals surface area contributed by atoms with Gasteiger partial charge in [-0.25, -0.2) is 0 Å². The lowest BCUT2D eigenvalue weighted by atomic mass is 10.2. The van der Waals surface area contributed by atoms with Gasteiger partial charge in [0.1, 0.15) is 0 Å². The van der Waals surface area contributed by atoms with Gasteiger partial charge in [0, 0.05) is 19.3 Å². The van der Waals surface area contributed by atoms with Gasteiger partial charge in [-0.3, -0.25) is 9.59 Å². The van der Waals surface area contributed by atoms with E-state index in [1.54, 1.807) is 0 Å². The number of aliphatic hydroxyl groups is 2. The van der Waals surface area contributed by atoms with Crippen LogP contribution in [-0.4, -0.2) is 39.7 Å². The summed E-state index contributed by atoms with van der Waals surface area (Å²) in [6.45, 7) is 1.48. The predicted molar refractivity (Wildman–Crippen MR) is 54.5 cm³/mol. The van der Waals surface area contributed by atoms with E-state index in [-0.39, 0.29) is 19.3 Å². The largest absolute Gasteiger partial charge is 0.481 e. The molecule has 0 aromatic carbocycles. The van der Waals surface area contributed by atoms with Crippen molar-refractivity contribution < 1.29 is 29.6 Å². The standard InChI is InChI=1S/C10H18O6/c1-7(11)6-10(15)16-9(14)5-3-2-4-8(12)13/h7,10-11,15H,2-6H2,1H3,(H,12,13). The Labute approximate surface area is 93.8 Å². The molecular formula is C10H18O6. The zero-order valence-corrected chi connectivity index (χ0v) is 9.26. The number of ether oxygens (including phenoxy) is 1. The lowest BCUT2D eigenvalue weighted by Crippen LogP contribution is -2.21. The van der Waals surface area contributed by atoms with Crippen LogP contribution in [0.15, 0.2) is 0 Å². The molecule has 0 heterocycles. The lowest BCUT2D eigenvalue weighted by molar-refractivity contribution is -0.171. The van der Waals surface area contributed by atoms with E-state index >= 15 is 0 Å². The van der Waals surface area contributed by atoms with Crippen molar-refractivity contribution in [3.8, 4) is 0 Å². The SMILES string of the molecule is CC(O)CC(O)OC(=O)CCCCC(=O)O. The Morgan fingerprint density at radius 2 is 1.75 bits per heavy atom. The van der Waals surface area contributed by atoms with Crippen LogP contribution in [0.2, 0.25) is 0 Å². The van der Waals surface area contributed by atoms with Gasteiger partial charge in [-0.1, -0.05) is 0 Å². The van der Waals surface area contributed by atoms with Gasteiger partial charge < -0.3 is 20.1 Å². The molecule has 0 amide bonds. The van der Waals surface area contributed by atoms with Gasteiger partial charge in [0.15, 0.2) is 0 Å². The number of carbonyl (C=O) groups excluding carboxylic acids is 1. The number of aliphatic hydroxyl groups excluding tert-OH is 2. The highest BCUT2D eigenvalue weighted by atomic mass is 16.6. The van der Waals surface area contributed by atoms with Crippen LogP contribution in [0.3, 0.4) is 0 Å². The van der Waals surface area contributed by atoms with Crippen molar-refractivity contribution in [1.82, 2.24) is 0 Å². The summed E-state index contributed by atoms with van der Waals surface area (Å²) < 4.78 is 4.58. The molecule has 0 rings (SSSR count). The highest BCUT2D eigenvalue weighted by Gasteiger charge is 2.13. The van der Waals surface area contributed by atoms with Crippen LogP contribution in [-0.2, 0) is 14.3 Å². The van der Waals surface area contributed by atoms with Crippen molar-refractivity contribution in [2.24, 2.45) is 0 Å². The van der Waals surface area contributed by atoms with E-state index in [0.717, 1.165) is 0 Å². The summed E-state index contributed by atoms with van der Waals surface area (Å²) in [5, 5.41) is 26.4. The average molecular weight is 234 g/mol. The first kappa shape index (κ1) is 14.9. The van der Waals surface area contributed by atoms with Gasteiger partial charge >= 0.3 is 11.9 Å². The number of carbonyl (C=O) groups is 2. The molecule has 0 spiro atoms. The number of unbranched alkanes of at least 4 members (excludes halogenated alkanes) is 1. The van der Waals surface area contributed by atoms with Crippen LogP contribution in [0.5, 0.6) is 0 Å². The molecule has 0 aromatic heterocycles. The van der Waals surface area contributed by atoms with Gasteiger partial charge in [0.25, 0.3) is 0 Å². The zero-order valence-electron chi connectivity index (χ0n) is 9.26. The molecule has 0 fully saturated rings. The summed E-state index contributed by atoms with van der Waals surface area (Å²) in [5.74, 6) is -1.49. The third kappa shape index (κ3) is 9.42. The average Bonchev–Trinajstić information content (AvgIpc) is 2.10. The van der Waals surface area contributed by atoms with E-state index in [1.165, 1.54) is 6.92 Å². The van der Waals surface area contributed by atoms with Crippen LogP contribution in [0.4, 0.5) is 0 Å². The van der Waals surface area contributed by atoms with E-state index < -0.39 is 24.3 Å². The fraction of sp³-hybridized carbons (Fsp3) is 0.800. The molecule has 0 saturated carbocycles. The molecular weight excluding hydrogens is 216 g/mol. The Bertz CT molecular complexity index is 225. The third-order valence-electron chi connectivity index (χ3n) is 1.83. The van der Waals surface area contributed by atoms with Crippen LogP contribution >= 0.6 is 0 Å². The van der Waals surface area contributed by atoms with Crippen molar-refractivity contribution in [1.29, 1.82) is 0 Å². The predicted octanol–water partition coefficient (Wildman–Crippen LogP) is 0.264. The Morgan fingerprint density at radius 3 is 2.25 bits per heavy atom. The molecule has 0 aliphatic carbocycles. The van der Waals surface area contributed by atoms with E-state index in [0.29, 0.717) is 12.8 Å². The molecule has 0 aliphatic heterocycles. The highest BCUT2D eigenvalue weighted by Crippen LogP contribution is 2.05. The van der Waals surface area contributed by atoms with Crippen LogP contribution in [0.1, 0.15) is 39.0 Å². The summed E-state index contributed by atoms with van der Waals surface area (Å²) >= 11 is 0. The minimum absolute atomic E-state index is 0.0174. The maximum Gasteiger partial charge on any atom is 0.308 e. The number of esters is 1. The molecule has 0 radical (unpaired) electrons. The van der Waals surface area contributed by atoms with E-state index in [2.05, 4.69) is 4.74 Å². The fourth-order valence-corrected chi connectivity index (χ4v) is 1.10. The first-order valence-electron chi connectivity index (χ1n) is 5.19. The second-order valence-electron chi connectivity index (χ2n) is 3.63. The molecule has 0 aromatic rings. The second-order valence-corrected chi connectivity index (χ2v) is 3.63. The zero-order chi connectivity index (χ0) is 12.6. The van der Waals surface area contributed by atoms with Crippen molar-refractivity contribution in [2.75, 3.05) is 0 Å². The van der Waals surface area contributed by atoms with Gasteiger partial charge in [-0.2, -0.15) is 0 Å². The minimum atomic E-state index is -1.30. The molecule has 0 saturated heterocycles. The molecule has 3 N–H and O–H groups in total. The maximum atomic E-state index is 11.1. The fourth-order valence-electron chi connectivity index (χ4n) is 1.10. The van der Waals surface area contributed by atoms with Gasteiger partial charge in [-0.15, -0.1) is 0 Å². The molecule has 6 heteroatoms. The number of carboxylic acids is 1. The van der Waals surface area contributed by atoms with Crippen molar-refractivity contribution in [2.45, 2.75) is 51.4 Å². The monoisotopic (exact) mass is 234 g/mol.